The Kier molecular flexibility index (Phi) is 6.01. The summed E-state index contributed by atoms with van der Waals surface area (Å²) in [6.45, 7) is 1.93. The Labute approximate surface area is 112 Å². The summed E-state index contributed by atoms with van der Waals surface area (Å²) in [7, 11) is 1.62. The number of hydrogen-bond acceptors (Lipinski definition) is 4. The highest BCUT2D eigenvalue weighted by Gasteiger charge is 2.13. The lowest BCUT2D eigenvalue weighted by Crippen LogP contribution is -2.36. The molecule has 0 spiro atoms. The van der Waals surface area contributed by atoms with Crippen LogP contribution in [0.3, 0.4) is 0 Å². The van der Waals surface area contributed by atoms with E-state index in [-0.39, 0.29) is 5.91 Å². The quantitative estimate of drug-likeness (QED) is 0.828. The van der Waals surface area contributed by atoms with Crippen molar-refractivity contribution in [3.8, 4) is 5.75 Å². The SMILES string of the molecule is COc1ccc(NC(=O)[C@H](N)CCSC)cc1C. The van der Waals surface area contributed by atoms with Crippen LogP contribution in [0.25, 0.3) is 0 Å². The highest BCUT2D eigenvalue weighted by atomic mass is 32.2. The van der Waals surface area contributed by atoms with Gasteiger partial charge in [0, 0.05) is 5.69 Å². The standard InChI is InChI=1S/C13H20N2O2S/c1-9-8-10(4-5-12(9)17-2)15-13(16)11(14)6-7-18-3/h4-5,8,11H,6-7,14H2,1-3H3,(H,15,16)/t11-/m1/s1. The summed E-state index contributed by atoms with van der Waals surface area (Å²) in [4.78, 5) is 11.8. The van der Waals surface area contributed by atoms with E-state index in [1.165, 1.54) is 0 Å². The Bertz CT molecular complexity index is 410. The number of carbonyl (C=O) groups excluding carboxylic acids is 1. The lowest BCUT2D eigenvalue weighted by Gasteiger charge is -2.13. The van der Waals surface area contributed by atoms with Gasteiger partial charge in [-0.3, -0.25) is 4.79 Å². The number of nitrogens with one attached hydrogen (secondary N) is 1. The number of aryl methyl sites for hydroxylation is 1. The molecule has 0 unspecified atom stereocenters. The minimum Gasteiger partial charge on any atom is -0.496 e. The molecule has 3 N–H and O–H groups in total. The molecule has 5 heteroatoms. The smallest absolute Gasteiger partial charge is 0.241 e. The van der Waals surface area contributed by atoms with E-state index in [0.29, 0.717) is 6.42 Å². The van der Waals surface area contributed by atoms with Crippen LogP contribution in [0.5, 0.6) is 5.75 Å². The highest BCUT2D eigenvalue weighted by molar-refractivity contribution is 7.98. The molecule has 1 aromatic carbocycles. The fourth-order valence-corrected chi connectivity index (χ4v) is 2.06. The van der Waals surface area contributed by atoms with Gasteiger partial charge in [-0.2, -0.15) is 11.8 Å². The number of hydrogen-bond donors (Lipinski definition) is 2. The molecule has 0 aliphatic heterocycles. The molecule has 0 aromatic heterocycles. The van der Waals surface area contributed by atoms with Crippen molar-refractivity contribution in [2.24, 2.45) is 5.73 Å². The van der Waals surface area contributed by atoms with Crippen LogP contribution < -0.4 is 15.8 Å². The third-order valence-corrected chi connectivity index (χ3v) is 3.28. The predicted octanol–water partition coefficient (Wildman–Crippen LogP) is 2.02. The summed E-state index contributed by atoms with van der Waals surface area (Å²) in [6, 6.07) is 5.06. The molecule has 1 rings (SSSR count). The normalized spacial score (nSPS) is 12.0. The Morgan fingerprint density at radius 3 is 2.83 bits per heavy atom. The molecule has 0 radical (unpaired) electrons. The van der Waals surface area contributed by atoms with Crippen LogP contribution in [-0.2, 0) is 4.79 Å². The molecule has 0 heterocycles. The second-order valence-corrected chi connectivity index (χ2v) is 5.05. The van der Waals surface area contributed by atoms with E-state index in [1.807, 2.05) is 31.4 Å². The van der Waals surface area contributed by atoms with E-state index >= 15 is 0 Å². The number of nitrogens with two attached hydrogens (primary N) is 1. The van der Waals surface area contributed by atoms with Crippen LogP contribution in [0.1, 0.15) is 12.0 Å². The first-order valence-corrected chi connectivity index (χ1v) is 7.18. The topological polar surface area (TPSA) is 64.3 Å². The van der Waals surface area contributed by atoms with E-state index in [1.54, 1.807) is 18.9 Å². The summed E-state index contributed by atoms with van der Waals surface area (Å²) < 4.78 is 5.17. The molecule has 0 aliphatic carbocycles. The number of methoxy groups -OCH3 is 1. The van der Waals surface area contributed by atoms with Crippen LogP contribution in [0.2, 0.25) is 0 Å². The van der Waals surface area contributed by atoms with E-state index < -0.39 is 6.04 Å². The monoisotopic (exact) mass is 268 g/mol. The lowest BCUT2D eigenvalue weighted by molar-refractivity contribution is -0.117. The number of carbonyl (C=O) groups is 1. The first-order chi connectivity index (χ1) is 8.58. The van der Waals surface area contributed by atoms with E-state index in [9.17, 15) is 4.79 Å². The summed E-state index contributed by atoms with van der Waals surface area (Å²) in [5, 5.41) is 2.81. The van der Waals surface area contributed by atoms with Crippen LogP contribution in [0.4, 0.5) is 5.69 Å². The first-order valence-electron chi connectivity index (χ1n) is 5.78. The number of anilines is 1. The zero-order valence-corrected chi connectivity index (χ0v) is 11.8. The van der Waals surface area contributed by atoms with Gasteiger partial charge in [-0.25, -0.2) is 0 Å². The maximum Gasteiger partial charge on any atom is 0.241 e. The summed E-state index contributed by atoms with van der Waals surface area (Å²) in [6.07, 6.45) is 2.68. The predicted molar refractivity (Wildman–Crippen MR) is 77.3 cm³/mol. The molecular formula is C13H20N2O2S. The zero-order chi connectivity index (χ0) is 13.5. The van der Waals surface area contributed by atoms with Crippen molar-refractivity contribution in [1.29, 1.82) is 0 Å². The number of ether oxygens (including phenoxy) is 1. The summed E-state index contributed by atoms with van der Waals surface area (Å²) >= 11 is 1.68. The minimum absolute atomic E-state index is 0.145. The van der Waals surface area contributed by atoms with Crippen molar-refractivity contribution in [3.63, 3.8) is 0 Å². The second-order valence-electron chi connectivity index (χ2n) is 4.06. The molecule has 0 saturated carbocycles. The van der Waals surface area contributed by atoms with Crippen molar-refractivity contribution in [2.45, 2.75) is 19.4 Å². The maximum atomic E-state index is 11.8. The molecular weight excluding hydrogens is 248 g/mol. The second kappa shape index (κ2) is 7.28. The van der Waals surface area contributed by atoms with Crippen LogP contribution >= 0.6 is 11.8 Å². The van der Waals surface area contributed by atoms with Gasteiger partial charge in [-0.1, -0.05) is 0 Å². The van der Waals surface area contributed by atoms with Gasteiger partial charge in [-0.05, 0) is 49.1 Å². The zero-order valence-electron chi connectivity index (χ0n) is 11.0. The van der Waals surface area contributed by atoms with Gasteiger partial charge in [0.1, 0.15) is 5.75 Å². The number of amides is 1. The number of rotatable bonds is 6. The Morgan fingerprint density at radius 1 is 1.56 bits per heavy atom. The molecule has 0 bridgehead atoms. The Hall–Kier alpha value is -1.20. The largest absolute Gasteiger partial charge is 0.496 e. The van der Waals surface area contributed by atoms with Gasteiger partial charge >= 0.3 is 0 Å². The average molecular weight is 268 g/mol. The maximum absolute atomic E-state index is 11.8. The van der Waals surface area contributed by atoms with Crippen molar-refractivity contribution in [3.05, 3.63) is 23.8 Å². The third kappa shape index (κ3) is 4.23. The van der Waals surface area contributed by atoms with Gasteiger partial charge in [0.05, 0.1) is 13.2 Å². The molecule has 1 amide bonds. The van der Waals surface area contributed by atoms with Crippen molar-refractivity contribution >= 4 is 23.4 Å². The minimum atomic E-state index is -0.458. The molecule has 0 aliphatic rings. The first kappa shape index (κ1) is 14.9. The molecule has 1 aromatic rings. The van der Waals surface area contributed by atoms with Crippen LogP contribution in [0, 0.1) is 6.92 Å². The molecule has 0 fully saturated rings. The van der Waals surface area contributed by atoms with Gasteiger partial charge < -0.3 is 15.8 Å². The molecule has 0 saturated heterocycles. The number of benzene rings is 1. The average Bonchev–Trinajstić information content (AvgIpc) is 2.36. The van der Waals surface area contributed by atoms with Gasteiger partial charge in [0.25, 0.3) is 0 Å². The Morgan fingerprint density at radius 2 is 2.28 bits per heavy atom. The van der Waals surface area contributed by atoms with Crippen molar-refractivity contribution in [2.75, 3.05) is 24.4 Å². The van der Waals surface area contributed by atoms with Gasteiger partial charge in [0.15, 0.2) is 0 Å². The summed E-state index contributed by atoms with van der Waals surface area (Å²) in [5.74, 6) is 1.55. The third-order valence-electron chi connectivity index (χ3n) is 2.63. The van der Waals surface area contributed by atoms with Crippen LogP contribution in [-0.4, -0.2) is 31.1 Å². The van der Waals surface area contributed by atoms with Gasteiger partial charge in [0.2, 0.25) is 5.91 Å². The lowest BCUT2D eigenvalue weighted by atomic mass is 10.2. The van der Waals surface area contributed by atoms with Gasteiger partial charge in [-0.15, -0.1) is 0 Å². The van der Waals surface area contributed by atoms with E-state index in [2.05, 4.69) is 5.32 Å². The highest BCUT2D eigenvalue weighted by Crippen LogP contribution is 2.21. The molecule has 18 heavy (non-hydrogen) atoms. The molecule has 4 nitrogen and oxygen atoms in total. The van der Waals surface area contributed by atoms with E-state index in [4.69, 9.17) is 10.5 Å². The number of thioether (sulfide) groups is 1. The van der Waals surface area contributed by atoms with Crippen LogP contribution in [0.15, 0.2) is 18.2 Å². The fraction of sp³-hybridized carbons (Fsp3) is 0.462. The van der Waals surface area contributed by atoms with Crippen molar-refractivity contribution < 1.29 is 9.53 Å². The Balaban J connectivity index is 2.61. The summed E-state index contributed by atoms with van der Waals surface area (Å²) in [5.41, 5.74) is 7.52. The fourth-order valence-electron chi connectivity index (χ4n) is 1.57. The molecule has 1 atom stereocenters. The van der Waals surface area contributed by atoms with Crippen molar-refractivity contribution in [1.82, 2.24) is 0 Å². The molecule has 100 valence electrons. The van der Waals surface area contributed by atoms with E-state index in [0.717, 1.165) is 22.8 Å².